The minimum absolute atomic E-state index is 0.0315. The van der Waals surface area contributed by atoms with Gasteiger partial charge in [-0.3, -0.25) is 4.79 Å². The highest BCUT2D eigenvalue weighted by atomic mass is 16.5. The smallest absolute Gasteiger partial charge is 0.225 e. The maximum Gasteiger partial charge on any atom is 0.225 e. The molecule has 0 heterocycles. The molecule has 2 N–H and O–H groups in total. The molecule has 1 aromatic rings. The Hall–Kier alpha value is -2.06. The highest BCUT2D eigenvalue weighted by molar-refractivity contribution is 5.90. The molecule has 1 amide bonds. The lowest BCUT2D eigenvalue weighted by atomic mass is 10.3. The fourth-order valence-electron chi connectivity index (χ4n) is 1.47. The van der Waals surface area contributed by atoms with Crippen molar-refractivity contribution in [2.24, 2.45) is 0 Å². The van der Waals surface area contributed by atoms with Crippen molar-refractivity contribution in [3.8, 4) is 11.8 Å². The number of amides is 1. The summed E-state index contributed by atoms with van der Waals surface area (Å²) in [6.45, 7) is 1.15. The van der Waals surface area contributed by atoms with Gasteiger partial charge in [-0.15, -0.1) is 0 Å². The molecule has 0 aromatic heterocycles. The molecular weight excluding hydrogens is 242 g/mol. The van der Waals surface area contributed by atoms with Crippen LogP contribution >= 0.6 is 0 Å². The van der Waals surface area contributed by atoms with Gasteiger partial charge in [-0.2, -0.15) is 5.26 Å². The highest BCUT2D eigenvalue weighted by Gasteiger charge is 2.02. The first kappa shape index (κ1) is 15.0. The van der Waals surface area contributed by atoms with Gasteiger partial charge < -0.3 is 15.4 Å². The predicted molar refractivity (Wildman–Crippen MR) is 74.0 cm³/mol. The van der Waals surface area contributed by atoms with Crippen LogP contribution in [0, 0.1) is 11.3 Å². The van der Waals surface area contributed by atoms with Crippen molar-refractivity contribution >= 4 is 11.6 Å². The number of rotatable bonds is 8. The minimum Gasteiger partial charge on any atom is -0.493 e. The van der Waals surface area contributed by atoms with Crippen LogP contribution in [0.4, 0.5) is 5.69 Å². The number of carbonyl (C=O) groups is 1. The van der Waals surface area contributed by atoms with Gasteiger partial charge in [-0.25, -0.2) is 0 Å². The standard InChI is InChI=1S/C14H19N3O2/c1-16-9-7-14(18)17-12-5-4-6-13(11-12)19-10-3-2-8-15/h4-6,11,16H,2-3,7,9-10H2,1H3,(H,17,18). The summed E-state index contributed by atoms with van der Waals surface area (Å²) in [5, 5.41) is 14.2. The first-order valence-electron chi connectivity index (χ1n) is 6.30. The highest BCUT2D eigenvalue weighted by Crippen LogP contribution is 2.17. The Kier molecular flexibility index (Phi) is 7.06. The SMILES string of the molecule is CNCCC(=O)Nc1cccc(OCCCC#N)c1. The van der Waals surface area contributed by atoms with Crippen LogP contribution in [-0.2, 0) is 4.79 Å². The first-order valence-corrected chi connectivity index (χ1v) is 6.30. The topological polar surface area (TPSA) is 74.2 Å². The van der Waals surface area contributed by atoms with Gasteiger partial charge in [0.15, 0.2) is 0 Å². The van der Waals surface area contributed by atoms with Crippen LogP contribution in [0.2, 0.25) is 0 Å². The lowest BCUT2D eigenvalue weighted by Gasteiger charge is -2.08. The van der Waals surface area contributed by atoms with Crippen LogP contribution in [0.3, 0.4) is 0 Å². The molecule has 0 radical (unpaired) electrons. The Balaban J connectivity index is 2.43. The summed E-state index contributed by atoms with van der Waals surface area (Å²) in [6.07, 6.45) is 1.62. The molecule has 1 rings (SSSR count). The van der Waals surface area contributed by atoms with Crippen molar-refractivity contribution in [3.63, 3.8) is 0 Å². The fourth-order valence-corrected chi connectivity index (χ4v) is 1.47. The van der Waals surface area contributed by atoms with Crippen LogP contribution in [0.1, 0.15) is 19.3 Å². The van der Waals surface area contributed by atoms with E-state index >= 15 is 0 Å². The molecular formula is C14H19N3O2. The molecule has 5 heteroatoms. The van der Waals surface area contributed by atoms with Crippen molar-refractivity contribution in [1.29, 1.82) is 5.26 Å². The second kappa shape index (κ2) is 8.95. The fraction of sp³-hybridized carbons (Fsp3) is 0.429. The van der Waals surface area contributed by atoms with E-state index in [1.54, 1.807) is 6.07 Å². The van der Waals surface area contributed by atoms with Gasteiger partial charge >= 0.3 is 0 Å². The average molecular weight is 261 g/mol. The summed E-state index contributed by atoms with van der Waals surface area (Å²) >= 11 is 0. The van der Waals surface area contributed by atoms with E-state index in [1.165, 1.54) is 0 Å². The van der Waals surface area contributed by atoms with Crippen LogP contribution < -0.4 is 15.4 Å². The van der Waals surface area contributed by atoms with Crippen molar-refractivity contribution < 1.29 is 9.53 Å². The minimum atomic E-state index is -0.0315. The molecule has 0 saturated heterocycles. The van der Waals surface area contributed by atoms with Gasteiger partial charge in [0.2, 0.25) is 5.91 Å². The molecule has 0 aliphatic rings. The largest absolute Gasteiger partial charge is 0.493 e. The zero-order valence-electron chi connectivity index (χ0n) is 11.1. The molecule has 5 nitrogen and oxygen atoms in total. The number of ether oxygens (including phenoxy) is 1. The van der Waals surface area contributed by atoms with Crippen molar-refractivity contribution in [2.75, 3.05) is 25.5 Å². The number of hydrogen-bond donors (Lipinski definition) is 2. The maximum atomic E-state index is 11.6. The molecule has 0 spiro atoms. The molecule has 102 valence electrons. The zero-order chi connectivity index (χ0) is 13.9. The van der Waals surface area contributed by atoms with Gasteiger partial charge in [-0.1, -0.05) is 6.07 Å². The number of carbonyl (C=O) groups excluding carboxylic acids is 1. The van der Waals surface area contributed by atoms with Gasteiger partial charge in [0.05, 0.1) is 12.7 Å². The zero-order valence-corrected chi connectivity index (χ0v) is 11.1. The van der Waals surface area contributed by atoms with E-state index in [0.717, 1.165) is 5.69 Å². The summed E-state index contributed by atoms with van der Waals surface area (Å²) in [5.74, 6) is 0.667. The number of nitrogens with one attached hydrogen (secondary N) is 2. The monoisotopic (exact) mass is 261 g/mol. The van der Waals surface area contributed by atoms with E-state index in [9.17, 15) is 4.79 Å². The number of nitrogens with zero attached hydrogens (tertiary/aromatic N) is 1. The van der Waals surface area contributed by atoms with Crippen molar-refractivity contribution in [3.05, 3.63) is 24.3 Å². The number of hydrogen-bond acceptors (Lipinski definition) is 4. The molecule has 0 aliphatic carbocycles. The second-order valence-corrected chi connectivity index (χ2v) is 4.04. The molecule has 1 aromatic carbocycles. The van der Waals surface area contributed by atoms with Gasteiger partial charge in [0.1, 0.15) is 5.75 Å². The molecule has 0 unspecified atom stereocenters. The van der Waals surface area contributed by atoms with E-state index in [-0.39, 0.29) is 5.91 Å². The summed E-state index contributed by atoms with van der Waals surface area (Å²) in [4.78, 5) is 11.6. The lowest BCUT2D eigenvalue weighted by Crippen LogP contribution is -2.18. The van der Waals surface area contributed by atoms with E-state index in [4.69, 9.17) is 10.00 Å². The van der Waals surface area contributed by atoms with Crippen molar-refractivity contribution in [1.82, 2.24) is 5.32 Å². The summed E-state index contributed by atoms with van der Waals surface area (Å²) < 4.78 is 5.50. The number of nitriles is 1. The first-order chi connectivity index (χ1) is 9.26. The summed E-state index contributed by atoms with van der Waals surface area (Å²) in [7, 11) is 1.81. The predicted octanol–water partition coefficient (Wildman–Crippen LogP) is 1.92. The Labute approximate surface area is 113 Å². The average Bonchev–Trinajstić information content (AvgIpc) is 2.42. The second-order valence-electron chi connectivity index (χ2n) is 4.04. The van der Waals surface area contributed by atoms with E-state index in [1.807, 2.05) is 25.2 Å². The van der Waals surface area contributed by atoms with Crippen LogP contribution in [0.5, 0.6) is 5.75 Å². The molecule has 0 atom stereocenters. The molecule has 0 bridgehead atoms. The van der Waals surface area contributed by atoms with Gasteiger partial charge in [-0.05, 0) is 25.6 Å². The number of unbranched alkanes of at least 4 members (excludes halogenated alkanes) is 1. The Bertz CT molecular complexity index is 441. The summed E-state index contributed by atoms with van der Waals surface area (Å²) in [5.41, 5.74) is 0.721. The van der Waals surface area contributed by atoms with E-state index in [0.29, 0.717) is 38.2 Å². The normalized spacial score (nSPS) is 9.68. The maximum absolute atomic E-state index is 11.6. The third-order valence-electron chi connectivity index (χ3n) is 2.42. The van der Waals surface area contributed by atoms with E-state index < -0.39 is 0 Å². The van der Waals surface area contributed by atoms with Crippen LogP contribution in [0.15, 0.2) is 24.3 Å². The molecule has 0 fully saturated rings. The van der Waals surface area contributed by atoms with Crippen molar-refractivity contribution in [2.45, 2.75) is 19.3 Å². The number of benzene rings is 1. The quantitative estimate of drug-likeness (QED) is 0.701. The third-order valence-corrected chi connectivity index (χ3v) is 2.42. The lowest BCUT2D eigenvalue weighted by molar-refractivity contribution is -0.116. The van der Waals surface area contributed by atoms with Crippen LogP contribution in [-0.4, -0.2) is 26.1 Å². The van der Waals surface area contributed by atoms with E-state index in [2.05, 4.69) is 16.7 Å². The molecule has 0 saturated carbocycles. The van der Waals surface area contributed by atoms with Crippen LogP contribution in [0.25, 0.3) is 0 Å². The molecule has 19 heavy (non-hydrogen) atoms. The number of anilines is 1. The van der Waals surface area contributed by atoms with Gasteiger partial charge in [0, 0.05) is 31.1 Å². The Morgan fingerprint density at radius 2 is 2.32 bits per heavy atom. The Morgan fingerprint density at radius 1 is 1.47 bits per heavy atom. The summed E-state index contributed by atoms with van der Waals surface area (Å²) in [6, 6.07) is 9.32. The molecule has 0 aliphatic heterocycles. The Morgan fingerprint density at radius 3 is 3.05 bits per heavy atom. The van der Waals surface area contributed by atoms with Gasteiger partial charge in [0.25, 0.3) is 0 Å². The third kappa shape index (κ3) is 6.43.